The molecule has 1 aromatic carbocycles. The van der Waals surface area contributed by atoms with E-state index in [-0.39, 0.29) is 11.8 Å². The van der Waals surface area contributed by atoms with Crippen molar-refractivity contribution >= 4 is 5.91 Å². The number of nitrogens with two attached hydrogens (primary N) is 1. The fourth-order valence-corrected chi connectivity index (χ4v) is 4.33. The van der Waals surface area contributed by atoms with E-state index in [9.17, 15) is 4.79 Å². The van der Waals surface area contributed by atoms with Crippen molar-refractivity contribution in [1.29, 1.82) is 0 Å². The van der Waals surface area contributed by atoms with E-state index in [1.54, 1.807) is 0 Å². The molecule has 4 nitrogen and oxygen atoms in total. The van der Waals surface area contributed by atoms with Crippen LogP contribution in [0, 0.1) is 11.8 Å². The summed E-state index contributed by atoms with van der Waals surface area (Å²) in [6, 6.07) is 11.1. The monoisotopic (exact) mass is 329 g/mol. The van der Waals surface area contributed by atoms with Crippen LogP contribution < -0.4 is 11.1 Å². The molecule has 1 saturated heterocycles. The average Bonchev–Trinajstić information content (AvgIpc) is 3.10. The number of rotatable bonds is 6. The third-order valence-electron chi connectivity index (χ3n) is 5.79. The van der Waals surface area contributed by atoms with Gasteiger partial charge in [0.15, 0.2) is 0 Å². The number of carbonyl (C=O) groups is 1. The molecule has 0 aromatic heterocycles. The molecule has 0 bridgehead atoms. The van der Waals surface area contributed by atoms with Gasteiger partial charge in [-0.1, -0.05) is 43.2 Å². The number of likely N-dealkylation sites (tertiary alicyclic amines) is 1. The van der Waals surface area contributed by atoms with Crippen LogP contribution in [0.5, 0.6) is 0 Å². The summed E-state index contributed by atoms with van der Waals surface area (Å²) in [5, 5.41) is 3.24. The van der Waals surface area contributed by atoms with Crippen molar-refractivity contribution in [2.24, 2.45) is 17.6 Å². The van der Waals surface area contributed by atoms with Crippen LogP contribution in [0.2, 0.25) is 0 Å². The minimum Gasteiger partial charge on any atom is -0.354 e. The van der Waals surface area contributed by atoms with Gasteiger partial charge in [-0.2, -0.15) is 0 Å². The van der Waals surface area contributed by atoms with Gasteiger partial charge in [0.05, 0.1) is 0 Å². The number of amides is 1. The highest BCUT2D eigenvalue weighted by Crippen LogP contribution is 2.31. The Morgan fingerprint density at radius 2 is 1.96 bits per heavy atom. The van der Waals surface area contributed by atoms with Gasteiger partial charge >= 0.3 is 0 Å². The zero-order valence-corrected chi connectivity index (χ0v) is 14.6. The van der Waals surface area contributed by atoms with Gasteiger partial charge in [0, 0.05) is 25.0 Å². The zero-order chi connectivity index (χ0) is 16.8. The van der Waals surface area contributed by atoms with E-state index >= 15 is 0 Å². The van der Waals surface area contributed by atoms with E-state index in [4.69, 9.17) is 5.73 Å². The first-order valence-electron chi connectivity index (χ1n) is 9.53. The van der Waals surface area contributed by atoms with Gasteiger partial charge in [0.1, 0.15) is 0 Å². The molecule has 0 radical (unpaired) electrons. The van der Waals surface area contributed by atoms with Crippen LogP contribution in [0.3, 0.4) is 0 Å². The molecule has 4 heteroatoms. The molecule has 3 N–H and O–H groups in total. The quantitative estimate of drug-likeness (QED) is 0.843. The highest BCUT2D eigenvalue weighted by molar-refractivity contribution is 5.79. The number of benzene rings is 1. The molecule has 132 valence electrons. The first kappa shape index (κ1) is 17.4. The summed E-state index contributed by atoms with van der Waals surface area (Å²) in [7, 11) is 0. The van der Waals surface area contributed by atoms with Gasteiger partial charge in [-0.15, -0.1) is 0 Å². The summed E-state index contributed by atoms with van der Waals surface area (Å²) < 4.78 is 0. The third kappa shape index (κ3) is 4.37. The predicted octanol–water partition coefficient (Wildman–Crippen LogP) is 2.53. The molecule has 1 heterocycles. The molecule has 2 fully saturated rings. The number of hydrogen-bond donors (Lipinski definition) is 2. The van der Waals surface area contributed by atoms with Crippen molar-refractivity contribution in [3.05, 3.63) is 35.9 Å². The number of carbonyl (C=O) groups excluding carboxylic acids is 1. The van der Waals surface area contributed by atoms with Crippen molar-refractivity contribution in [2.75, 3.05) is 19.6 Å². The van der Waals surface area contributed by atoms with Crippen LogP contribution in [-0.4, -0.2) is 36.5 Å². The van der Waals surface area contributed by atoms with Gasteiger partial charge in [0.2, 0.25) is 5.91 Å². The lowest BCUT2D eigenvalue weighted by atomic mass is 9.95. The maximum absolute atomic E-state index is 12.5. The Balaban J connectivity index is 1.53. The molecule has 3 rings (SSSR count). The Morgan fingerprint density at radius 3 is 2.75 bits per heavy atom. The maximum atomic E-state index is 12.5. The van der Waals surface area contributed by atoms with Crippen molar-refractivity contribution < 1.29 is 4.79 Å². The van der Waals surface area contributed by atoms with Crippen LogP contribution in [0.1, 0.15) is 44.1 Å². The van der Waals surface area contributed by atoms with Crippen LogP contribution in [-0.2, 0) is 11.3 Å². The first-order valence-corrected chi connectivity index (χ1v) is 9.53. The summed E-state index contributed by atoms with van der Waals surface area (Å²) in [6.07, 6.45) is 6.96. The molecule has 1 aliphatic heterocycles. The van der Waals surface area contributed by atoms with Crippen LogP contribution in [0.4, 0.5) is 0 Å². The zero-order valence-electron chi connectivity index (χ0n) is 14.6. The Morgan fingerprint density at radius 1 is 1.12 bits per heavy atom. The second-order valence-electron chi connectivity index (χ2n) is 7.38. The number of nitrogens with zero attached hydrogens (tertiary/aromatic N) is 1. The van der Waals surface area contributed by atoms with Gasteiger partial charge in [-0.25, -0.2) is 0 Å². The molecule has 3 atom stereocenters. The predicted molar refractivity (Wildman–Crippen MR) is 97.4 cm³/mol. The van der Waals surface area contributed by atoms with Gasteiger partial charge in [-0.3, -0.25) is 9.69 Å². The molecule has 24 heavy (non-hydrogen) atoms. The largest absolute Gasteiger partial charge is 0.354 e. The van der Waals surface area contributed by atoms with Crippen molar-refractivity contribution in [2.45, 2.75) is 51.1 Å². The Bertz CT molecular complexity index is 519. The summed E-state index contributed by atoms with van der Waals surface area (Å²) in [4.78, 5) is 15.1. The first-order chi connectivity index (χ1) is 11.8. The van der Waals surface area contributed by atoms with Gasteiger partial charge in [-0.05, 0) is 50.3 Å². The minimum atomic E-state index is 0.140. The lowest BCUT2D eigenvalue weighted by Crippen LogP contribution is -2.47. The van der Waals surface area contributed by atoms with Crippen LogP contribution in [0.25, 0.3) is 0 Å². The molecule has 0 spiro atoms. The van der Waals surface area contributed by atoms with Crippen molar-refractivity contribution in [3.63, 3.8) is 0 Å². The van der Waals surface area contributed by atoms with E-state index < -0.39 is 0 Å². The smallest absolute Gasteiger partial charge is 0.223 e. The molecule has 2 aliphatic rings. The van der Waals surface area contributed by atoms with E-state index in [0.29, 0.717) is 18.5 Å². The Hall–Kier alpha value is -1.39. The second-order valence-corrected chi connectivity index (χ2v) is 7.38. The molecule has 1 unspecified atom stereocenters. The lowest BCUT2D eigenvalue weighted by molar-refractivity contribution is -0.126. The normalized spacial score (nSPS) is 28.0. The summed E-state index contributed by atoms with van der Waals surface area (Å²) >= 11 is 0. The van der Waals surface area contributed by atoms with Crippen molar-refractivity contribution in [1.82, 2.24) is 10.2 Å². The highest BCUT2D eigenvalue weighted by atomic mass is 16.1. The van der Waals surface area contributed by atoms with Crippen LogP contribution in [0.15, 0.2) is 30.3 Å². The minimum absolute atomic E-state index is 0.140. The summed E-state index contributed by atoms with van der Waals surface area (Å²) in [5.41, 5.74) is 7.18. The van der Waals surface area contributed by atoms with Crippen molar-refractivity contribution in [3.8, 4) is 0 Å². The topological polar surface area (TPSA) is 58.4 Å². The van der Waals surface area contributed by atoms with E-state index in [2.05, 4.69) is 40.5 Å². The molecular formula is C20H31N3O. The number of hydrogen-bond acceptors (Lipinski definition) is 3. The van der Waals surface area contributed by atoms with Crippen LogP contribution >= 0.6 is 0 Å². The standard InChI is InChI=1S/C20H31N3O/c21-13-17-9-6-11-19(17)20(24)22-14-18-10-4-5-12-23(18)15-16-7-2-1-3-8-16/h1-3,7-8,17-19H,4-6,9-15,21H2,(H,22,24)/t17-,18?,19-/m1/s1. The second kappa shape index (κ2) is 8.63. The molecule has 1 aliphatic carbocycles. The maximum Gasteiger partial charge on any atom is 0.223 e. The van der Waals surface area contributed by atoms with E-state index in [1.807, 2.05) is 0 Å². The highest BCUT2D eigenvalue weighted by Gasteiger charge is 2.32. The molecule has 1 aromatic rings. The Kier molecular flexibility index (Phi) is 6.27. The fraction of sp³-hybridized carbons (Fsp3) is 0.650. The number of piperidine rings is 1. The lowest BCUT2D eigenvalue weighted by Gasteiger charge is -2.36. The van der Waals surface area contributed by atoms with Gasteiger partial charge in [0.25, 0.3) is 0 Å². The molecule has 1 saturated carbocycles. The third-order valence-corrected chi connectivity index (χ3v) is 5.79. The summed E-state index contributed by atoms with van der Waals surface area (Å²) in [5.74, 6) is 0.756. The number of nitrogens with one attached hydrogen (secondary N) is 1. The average molecular weight is 329 g/mol. The fourth-order valence-electron chi connectivity index (χ4n) is 4.33. The molecule has 1 amide bonds. The van der Waals surface area contributed by atoms with Gasteiger partial charge < -0.3 is 11.1 Å². The summed E-state index contributed by atoms with van der Waals surface area (Å²) in [6.45, 7) is 3.53. The van der Waals surface area contributed by atoms with E-state index in [1.165, 1.54) is 24.8 Å². The SMILES string of the molecule is NC[C@H]1CCC[C@H]1C(=O)NCC1CCCCN1Cc1ccccc1. The van der Waals surface area contributed by atoms with E-state index in [0.717, 1.165) is 38.9 Å². The Labute approximate surface area is 145 Å². The molecular weight excluding hydrogens is 298 g/mol.